The number of aryl methyl sites for hydroxylation is 1. The minimum atomic E-state index is -0.833. The van der Waals surface area contributed by atoms with Gasteiger partial charge in [-0.1, -0.05) is 52.4 Å². The third-order valence-electron chi connectivity index (χ3n) is 3.68. The minimum Gasteiger partial charge on any atom is -0.297 e. The molecule has 0 radical (unpaired) electrons. The molecular weight excluding hydrogens is 271 g/mol. The van der Waals surface area contributed by atoms with Gasteiger partial charge in [-0.2, -0.15) is 4.39 Å². The maximum absolute atomic E-state index is 13.7. The molecule has 0 bridgehead atoms. The minimum absolute atomic E-state index is 0.310. The lowest BCUT2D eigenvalue weighted by atomic mass is 10.2. The van der Waals surface area contributed by atoms with Crippen LogP contribution in [0.1, 0.15) is 65.2 Å². The average Bonchev–Trinajstić information content (AvgIpc) is 2.48. The van der Waals surface area contributed by atoms with Crippen molar-refractivity contribution in [3.8, 4) is 0 Å². The van der Waals surface area contributed by atoms with Crippen LogP contribution in [0.5, 0.6) is 0 Å². The Labute approximate surface area is 125 Å². The lowest BCUT2D eigenvalue weighted by Crippen LogP contribution is -2.41. The highest BCUT2D eigenvalue weighted by Crippen LogP contribution is 2.02. The zero-order valence-electron chi connectivity index (χ0n) is 13.2. The van der Waals surface area contributed by atoms with Crippen LogP contribution in [0.2, 0.25) is 0 Å². The molecule has 0 N–H and O–H groups in total. The van der Waals surface area contributed by atoms with E-state index in [2.05, 4.69) is 13.8 Å². The standard InChI is InChI=1S/C16H27FN2O2/c1-3-5-7-9-11-18-13-14(17)15(20)19(16(18)21)12-10-8-6-4-2/h13H,3-12H2,1-2H3. The van der Waals surface area contributed by atoms with Crippen LogP contribution in [-0.2, 0) is 13.1 Å². The molecule has 0 unspecified atom stereocenters. The Morgan fingerprint density at radius 1 is 0.905 bits per heavy atom. The highest BCUT2D eigenvalue weighted by molar-refractivity contribution is 4.90. The van der Waals surface area contributed by atoms with Crippen molar-refractivity contribution in [3.63, 3.8) is 0 Å². The summed E-state index contributed by atoms with van der Waals surface area (Å²) in [6.07, 6.45) is 8.96. The van der Waals surface area contributed by atoms with E-state index >= 15 is 0 Å². The van der Waals surface area contributed by atoms with Crippen LogP contribution in [0.15, 0.2) is 15.8 Å². The Kier molecular flexibility index (Phi) is 8.01. The van der Waals surface area contributed by atoms with Gasteiger partial charge in [0.1, 0.15) is 0 Å². The second-order valence-electron chi connectivity index (χ2n) is 5.53. The van der Waals surface area contributed by atoms with Crippen molar-refractivity contribution in [3.05, 3.63) is 32.9 Å². The molecule has 21 heavy (non-hydrogen) atoms. The molecule has 0 aliphatic rings. The summed E-state index contributed by atoms with van der Waals surface area (Å²) < 4.78 is 16.1. The van der Waals surface area contributed by atoms with E-state index in [0.717, 1.165) is 62.1 Å². The van der Waals surface area contributed by atoms with Gasteiger partial charge in [0.05, 0.1) is 6.20 Å². The fourth-order valence-electron chi connectivity index (χ4n) is 2.38. The summed E-state index contributed by atoms with van der Waals surface area (Å²) in [5, 5.41) is 0. The van der Waals surface area contributed by atoms with Gasteiger partial charge >= 0.3 is 5.69 Å². The zero-order chi connectivity index (χ0) is 15.7. The van der Waals surface area contributed by atoms with Gasteiger partial charge in [0.25, 0.3) is 5.56 Å². The molecule has 5 heteroatoms. The molecule has 0 aromatic carbocycles. The fraction of sp³-hybridized carbons (Fsp3) is 0.750. The molecule has 0 fully saturated rings. The molecule has 0 saturated heterocycles. The number of unbranched alkanes of at least 4 members (excludes halogenated alkanes) is 6. The van der Waals surface area contributed by atoms with Crippen molar-refractivity contribution >= 4 is 0 Å². The number of aromatic nitrogens is 2. The molecule has 0 spiro atoms. The summed E-state index contributed by atoms with van der Waals surface area (Å²) in [7, 11) is 0. The van der Waals surface area contributed by atoms with Crippen LogP contribution >= 0.6 is 0 Å². The normalized spacial score (nSPS) is 11.0. The molecule has 120 valence electrons. The molecule has 0 saturated carbocycles. The summed E-state index contributed by atoms with van der Waals surface area (Å²) in [5.41, 5.74) is -1.17. The maximum Gasteiger partial charge on any atom is 0.331 e. The number of halogens is 1. The first-order chi connectivity index (χ1) is 10.1. The van der Waals surface area contributed by atoms with E-state index in [4.69, 9.17) is 0 Å². The fourth-order valence-corrected chi connectivity index (χ4v) is 2.38. The summed E-state index contributed by atoms with van der Waals surface area (Å²) in [6.45, 7) is 5.00. The van der Waals surface area contributed by atoms with Crippen molar-refractivity contribution in [2.75, 3.05) is 0 Å². The van der Waals surface area contributed by atoms with E-state index in [1.165, 1.54) is 4.57 Å². The zero-order valence-corrected chi connectivity index (χ0v) is 13.2. The third-order valence-corrected chi connectivity index (χ3v) is 3.68. The van der Waals surface area contributed by atoms with Crippen LogP contribution in [0.25, 0.3) is 0 Å². The van der Waals surface area contributed by atoms with Gasteiger partial charge in [0.2, 0.25) is 5.82 Å². The van der Waals surface area contributed by atoms with Crippen molar-refractivity contribution in [1.82, 2.24) is 9.13 Å². The van der Waals surface area contributed by atoms with Gasteiger partial charge in [0.15, 0.2) is 0 Å². The molecular formula is C16H27FN2O2. The van der Waals surface area contributed by atoms with Crippen molar-refractivity contribution in [2.45, 2.75) is 78.3 Å². The van der Waals surface area contributed by atoms with Gasteiger partial charge in [0, 0.05) is 13.1 Å². The second-order valence-corrected chi connectivity index (χ2v) is 5.53. The summed E-state index contributed by atoms with van der Waals surface area (Å²) in [4.78, 5) is 24.0. The number of nitrogens with zero attached hydrogens (tertiary/aromatic N) is 2. The molecule has 0 aliphatic heterocycles. The SMILES string of the molecule is CCCCCCn1cc(F)c(=O)n(CCCCCC)c1=O. The Morgan fingerprint density at radius 3 is 2.05 bits per heavy atom. The number of hydrogen-bond acceptors (Lipinski definition) is 2. The molecule has 0 aliphatic carbocycles. The van der Waals surface area contributed by atoms with Crippen LogP contribution in [0.4, 0.5) is 4.39 Å². The van der Waals surface area contributed by atoms with E-state index in [1.807, 2.05) is 0 Å². The van der Waals surface area contributed by atoms with Gasteiger partial charge in [-0.05, 0) is 12.8 Å². The Morgan fingerprint density at radius 2 is 1.48 bits per heavy atom. The molecule has 1 aromatic heterocycles. The van der Waals surface area contributed by atoms with Gasteiger partial charge < -0.3 is 0 Å². The maximum atomic E-state index is 13.7. The first kappa shape index (κ1) is 17.7. The van der Waals surface area contributed by atoms with Crippen LogP contribution in [0, 0.1) is 5.82 Å². The van der Waals surface area contributed by atoms with Crippen molar-refractivity contribution in [2.24, 2.45) is 0 Å². The predicted molar refractivity (Wildman–Crippen MR) is 83.2 cm³/mol. The van der Waals surface area contributed by atoms with Crippen molar-refractivity contribution < 1.29 is 4.39 Å². The Balaban J connectivity index is 2.79. The lowest BCUT2D eigenvalue weighted by Gasteiger charge is -2.10. The van der Waals surface area contributed by atoms with Crippen molar-refractivity contribution in [1.29, 1.82) is 0 Å². The first-order valence-corrected chi connectivity index (χ1v) is 8.11. The predicted octanol–water partition coefficient (Wildman–Crippen LogP) is 3.31. The smallest absolute Gasteiger partial charge is 0.297 e. The lowest BCUT2D eigenvalue weighted by molar-refractivity contribution is 0.459. The van der Waals surface area contributed by atoms with Gasteiger partial charge in [-0.3, -0.25) is 13.9 Å². The molecule has 0 amide bonds. The van der Waals surface area contributed by atoms with Crippen LogP contribution < -0.4 is 11.2 Å². The van der Waals surface area contributed by atoms with E-state index in [1.54, 1.807) is 0 Å². The third kappa shape index (κ3) is 5.48. The monoisotopic (exact) mass is 298 g/mol. The molecule has 1 rings (SSSR count). The second kappa shape index (κ2) is 9.53. The number of rotatable bonds is 10. The van der Waals surface area contributed by atoms with Crippen LogP contribution in [0.3, 0.4) is 0 Å². The Hall–Kier alpha value is -1.39. The molecule has 1 heterocycles. The number of hydrogen-bond donors (Lipinski definition) is 0. The van der Waals surface area contributed by atoms with Gasteiger partial charge in [-0.15, -0.1) is 0 Å². The molecule has 4 nitrogen and oxygen atoms in total. The Bertz CT molecular complexity index is 534. The molecule has 0 atom stereocenters. The summed E-state index contributed by atoms with van der Waals surface area (Å²) in [5.74, 6) is -0.833. The average molecular weight is 298 g/mol. The van der Waals surface area contributed by atoms with E-state index in [9.17, 15) is 14.0 Å². The highest BCUT2D eigenvalue weighted by Gasteiger charge is 2.10. The van der Waals surface area contributed by atoms with E-state index < -0.39 is 11.4 Å². The quantitative estimate of drug-likeness (QED) is 0.622. The van der Waals surface area contributed by atoms with E-state index in [0.29, 0.717) is 13.1 Å². The molecule has 1 aromatic rings. The largest absolute Gasteiger partial charge is 0.331 e. The summed E-state index contributed by atoms with van der Waals surface area (Å²) in [6, 6.07) is 0. The van der Waals surface area contributed by atoms with Gasteiger partial charge in [-0.25, -0.2) is 4.79 Å². The first-order valence-electron chi connectivity index (χ1n) is 8.11. The van der Waals surface area contributed by atoms with E-state index in [-0.39, 0.29) is 5.69 Å². The summed E-state index contributed by atoms with van der Waals surface area (Å²) >= 11 is 0. The highest BCUT2D eigenvalue weighted by atomic mass is 19.1. The van der Waals surface area contributed by atoms with Crippen LogP contribution in [-0.4, -0.2) is 9.13 Å². The topological polar surface area (TPSA) is 44.0 Å².